The first kappa shape index (κ1) is 18.0. The molecular formula is C21H24N2O3. The number of piperidine rings is 1. The van der Waals surface area contributed by atoms with Crippen molar-refractivity contribution in [2.75, 3.05) is 20.2 Å². The molecule has 1 fully saturated rings. The lowest BCUT2D eigenvalue weighted by Gasteiger charge is -2.32. The number of hydrogen-bond acceptors (Lipinski definition) is 3. The molecule has 1 N–H and O–H groups in total. The molecule has 2 aromatic carbocycles. The molecule has 0 spiro atoms. The predicted molar refractivity (Wildman–Crippen MR) is 100 cm³/mol. The molecule has 136 valence electrons. The van der Waals surface area contributed by atoms with Crippen LogP contribution in [0.5, 0.6) is 5.75 Å². The van der Waals surface area contributed by atoms with Gasteiger partial charge in [0, 0.05) is 31.1 Å². The number of carbonyl (C=O) groups is 2. The van der Waals surface area contributed by atoms with Crippen LogP contribution in [0.25, 0.3) is 0 Å². The monoisotopic (exact) mass is 352 g/mol. The molecule has 1 atom stereocenters. The van der Waals surface area contributed by atoms with Crippen LogP contribution in [0.2, 0.25) is 0 Å². The van der Waals surface area contributed by atoms with Gasteiger partial charge in [0.25, 0.3) is 0 Å². The Balaban J connectivity index is 1.57. The fourth-order valence-corrected chi connectivity index (χ4v) is 3.25. The van der Waals surface area contributed by atoms with Crippen molar-refractivity contribution < 1.29 is 14.3 Å². The van der Waals surface area contributed by atoms with E-state index in [1.165, 1.54) is 0 Å². The average Bonchev–Trinajstić information content (AvgIpc) is 2.72. The van der Waals surface area contributed by atoms with Crippen molar-refractivity contribution in [1.29, 1.82) is 0 Å². The number of benzene rings is 2. The van der Waals surface area contributed by atoms with Gasteiger partial charge in [0.2, 0.25) is 0 Å². The molecule has 1 heterocycles. The van der Waals surface area contributed by atoms with Gasteiger partial charge in [-0.2, -0.15) is 0 Å². The van der Waals surface area contributed by atoms with Crippen LogP contribution in [0.15, 0.2) is 54.6 Å². The number of urea groups is 1. The molecule has 0 radical (unpaired) electrons. The van der Waals surface area contributed by atoms with E-state index in [1.807, 2.05) is 30.3 Å². The highest BCUT2D eigenvalue weighted by Gasteiger charge is 2.28. The number of carbonyl (C=O) groups excluding carboxylic acids is 2. The Morgan fingerprint density at radius 2 is 1.85 bits per heavy atom. The average molecular weight is 352 g/mol. The third-order valence-electron chi connectivity index (χ3n) is 4.74. The molecule has 26 heavy (non-hydrogen) atoms. The molecule has 0 bridgehead atoms. The second-order valence-electron chi connectivity index (χ2n) is 6.52. The lowest BCUT2D eigenvalue weighted by Crippen LogP contribution is -2.46. The van der Waals surface area contributed by atoms with Crippen molar-refractivity contribution in [2.24, 2.45) is 5.92 Å². The molecule has 2 aromatic rings. The van der Waals surface area contributed by atoms with Gasteiger partial charge in [-0.15, -0.1) is 0 Å². The van der Waals surface area contributed by atoms with Gasteiger partial charge in [-0.25, -0.2) is 4.79 Å². The van der Waals surface area contributed by atoms with Crippen molar-refractivity contribution in [3.8, 4) is 5.75 Å². The number of nitrogens with one attached hydrogen (secondary N) is 1. The molecule has 5 heteroatoms. The summed E-state index contributed by atoms with van der Waals surface area (Å²) in [5, 5.41) is 2.94. The molecule has 1 saturated heterocycles. The molecule has 0 saturated carbocycles. The summed E-state index contributed by atoms with van der Waals surface area (Å²) in [6, 6.07) is 16.9. The van der Waals surface area contributed by atoms with Gasteiger partial charge < -0.3 is 15.0 Å². The van der Waals surface area contributed by atoms with Crippen LogP contribution in [0.1, 0.15) is 28.8 Å². The predicted octanol–water partition coefficient (Wildman–Crippen LogP) is 3.50. The third kappa shape index (κ3) is 4.42. The Hall–Kier alpha value is -2.82. The van der Waals surface area contributed by atoms with Gasteiger partial charge in [0.15, 0.2) is 5.78 Å². The lowest BCUT2D eigenvalue weighted by atomic mass is 9.90. The minimum Gasteiger partial charge on any atom is -0.497 e. The van der Waals surface area contributed by atoms with E-state index in [0.717, 1.165) is 24.2 Å². The molecule has 0 aliphatic carbocycles. The van der Waals surface area contributed by atoms with Gasteiger partial charge in [0.05, 0.1) is 7.11 Å². The number of ether oxygens (including phenoxy) is 1. The van der Waals surface area contributed by atoms with Crippen molar-refractivity contribution in [2.45, 2.75) is 19.4 Å². The van der Waals surface area contributed by atoms with Crippen molar-refractivity contribution in [1.82, 2.24) is 10.2 Å². The van der Waals surface area contributed by atoms with Crippen LogP contribution < -0.4 is 10.1 Å². The van der Waals surface area contributed by atoms with Crippen LogP contribution in [0.3, 0.4) is 0 Å². The summed E-state index contributed by atoms with van der Waals surface area (Å²) >= 11 is 0. The van der Waals surface area contributed by atoms with Gasteiger partial charge in [-0.3, -0.25) is 4.79 Å². The van der Waals surface area contributed by atoms with E-state index >= 15 is 0 Å². The molecule has 2 amide bonds. The van der Waals surface area contributed by atoms with E-state index in [0.29, 0.717) is 25.2 Å². The number of methoxy groups -OCH3 is 1. The van der Waals surface area contributed by atoms with E-state index < -0.39 is 0 Å². The summed E-state index contributed by atoms with van der Waals surface area (Å²) < 4.78 is 5.13. The van der Waals surface area contributed by atoms with Crippen LogP contribution >= 0.6 is 0 Å². The second-order valence-corrected chi connectivity index (χ2v) is 6.52. The maximum absolute atomic E-state index is 12.7. The normalized spacial score (nSPS) is 16.8. The number of amides is 2. The van der Waals surface area contributed by atoms with E-state index in [4.69, 9.17) is 4.74 Å². The van der Waals surface area contributed by atoms with Crippen LogP contribution in [0.4, 0.5) is 4.79 Å². The highest BCUT2D eigenvalue weighted by molar-refractivity contribution is 5.98. The number of rotatable bonds is 5. The number of nitrogens with zero attached hydrogens (tertiary/aromatic N) is 1. The Bertz CT molecular complexity index is 744. The minimum absolute atomic E-state index is 0.0909. The summed E-state index contributed by atoms with van der Waals surface area (Å²) in [5.41, 5.74) is 1.73. The van der Waals surface area contributed by atoms with E-state index in [9.17, 15) is 9.59 Å². The minimum atomic E-state index is -0.153. The number of likely N-dealkylation sites (tertiary alicyclic amines) is 1. The fourth-order valence-electron chi connectivity index (χ4n) is 3.25. The van der Waals surface area contributed by atoms with Gasteiger partial charge in [-0.1, -0.05) is 30.3 Å². The summed E-state index contributed by atoms with van der Waals surface area (Å²) in [6.07, 6.45) is 1.65. The highest BCUT2D eigenvalue weighted by Crippen LogP contribution is 2.22. The van der Waals surface area contributed by atoms with Gasteiger partial charge in [-0.05, 0) is 42.7 Å². The summed E-state index contributed by atoms with van der Waals surface area (Å²) in [5.74, 6) is 0.667. The van der Waals surface area contributed by atoms with E-state index in [-0.39, 0.29) is 17.7 Å². The zero-order valence-electron chi connectivity index (χ0n) is 15.0. The largest absolute Gasteiger partial charge is 0.497 e. The summed E-state index contributed by atoms with van der Waals surface area (Å²) in [7, 11) is 1.60. The van der Waals surface area contributed by atoms with Crippen molar-refractivity contribution >= 4 is 11.8 Å². The molecule has 5 nitrogen and oxygen atoms in total. The van der Waals surface area contributed by atoms with Crippen LogP contribution in [0, 0.1) is 5.92 Å². The number of hydrogen-bond donors (Lipinski definition) is 1. The molecule has 0 aromatic heterocycles. The van der Waals surface area contributed by atoms with Crippen molar-refractivity contribution in [3.63, 3.8) is 0 Å². The maximum atomic E-state index is 12.7. The maximum Gasteiger partial charge on any atom is 0.317 e. The quantitative estimate of drug-likeness (QED) is 0.838. The molecule has 1 unspecified atom stereocenters. The van der Waals surface area contributed by atoms with E-state index in [2.05, 4.69) is 5.32 Å². The number of Topliss-reactive ketones (excluding diaryl/α,β-unsaturated/α-hetero) is 1. The summed E-state index contributed by atoms with van der Waals surface area (Å²) in [4.78, 5) is 26.9. The zero-order valence-corrected chi connectivity index (χ0v) is 15.0. The summed E-state index contributed by atoms with van der Waals surface area (Å²) in [6.45, 7) is 1.64. The Morgan fingerprint density at radius 1 is 1.12 bits per heavy atom. The first-order valence-corrected chi connectivity index (χ1v) is 8.92. The van der Waals surface area contributed by atoms with E-state index in [1.54, 1.807) is 36.3 Å². The van der Waals surface area contributed by atoms with Crippen molar-refractivity contribution in [3.05, 3.63) is 65.7 Å². The standard InChI is InChI=1S/C21H24N2O3/c1-26-19-11-9-17(10-12-19)20(24)18-8-5-13-23(15-18)21(25)22-14-16-6-3-2-4-7-16/h2-4,6-7,9-12,18H,5,8,13-15H2,1H3,(H,22,25). The smallest absolute Gasteiger partial charge is 0.317 e. The fraction of sp³-hybridized carbons (Fsp3) is 0.333. The van der Waals surface area contributed by atoms with Gasteiger partial charge >= 0.3 is 6.03 Å². The highest BCUT2D eigenvalue weighted by atomic mass is 16.5. The second kappa shape index (κ2) is 8.52. The Morgan fingerprint density at radius 3 is 2.54 bits per heavy atom. The topological polar surface area (TPSA) is 58.6 Å². The van der Waals surface area contributed by atoms with Crippen LogP contribution in [-0.4, -0.2) is 36.9 Å². The third-order valence-corrected chi connectivity index (χ3v) is 4.74. The number of ketones is 1. The first-order chi connectivity index (χ1) is 12.7. The SMILES string of the molecule is COc1ccc(C(=O)C2CCCN(C(=O)NCc3ccccc3)C2)cc1. The molecule has 3 rings (SSSR count). The lowest BCUT2D eigenvalue weighted by molar-refractivity contribution is 0.0845. The molecule has 1 aliphatic rings. The van der Waals surface area contributed by atoms with Gasteiger partial charge in [0.1, 0.15) is 5.75 Å². The molecule has 1 aliphatic heterocycles. The zero-order chi connectivity index (χ0) is 18.4. The Labute approximate surface area is 154 Å². The Kier molecular flexibility index (Phi) is 5.89. The van der Waals surface area contributed by atoms with Crippen LogP contribution in [-0.2, 0) is 6.54 Å². The first-order valence-electron chi connectivity index (χ1n) is 8.92. The molecular weight excluding hydrogens is 328 g/mol.